The van der Waals surface area contributed by atoms with Crippen LogP contribution in [0.3, 0.4) is 0 Å². The van der Waals surface area contributed by atoms with Gasteiger partial charge in [0.15, 0.2) is 0 Å². The van der Waals surface area contributed by atoms with Gasteiger partial charge in [-0.05, 0) is 52.4 Å². The van der Waals surface area contributed by atoms with E-state index in [1.807, 2.05) is 12.1 Å². The largest absolute Gasteiger partial charge is 0.496 e. The maximum Gasteiger partial charge on any atom is 0.133 e. The van der Waals surface area contributed by atoms with Gasteiger partial charge in [0.1, 0.15) is 5.75 Å². The van der Waals surface area contributed by atoms with Crippen LogP contribution in [0.25, 0.3) is 0 Å². The first-order chi connectivity index (χ1) is 6.72. The van der Waals surface area contributed by atoms with Crippen molar-refractivity contribution < 1.29 is 4.74 Å². The molecule has 1 aliphatic rings. The quantitative estimate of drug-likeness (QED) is 0.902. The first-order valence-electron chi connectivity index (χ1n) is 4.81. The minimum absolute atomic E-state index is 0.192. The summed E-state index contributed by atoms with van der Waals surface area (Å²) >= 11 is 3.46. The Balaban J connectivity index is 2.22. The van der Waals surface area contributed by atoms with Crippen LogP contribution in [0.5, 0.6) is 5.75 Å². The molecule has 2 N–H and O–H groups in total. The number of hydrogen-bond acceptors (Lipinski definition) is 2. The van der Waals surface area contributed by atoms with E-state index in [4.69, 9.17) is 10.5 Å². The molecule has 1 aromatic carbocycles. The Morgan fingerprint density at radius 3 is 2.71 bits per heavy atom. The van der Waals surface area contributed by atoms with E-state index in [0.717, 1.165) is 10.2 Å². The standard InChI is InChI=1S/C11H14BrNO/c1-14-10-5-4-8(6-9(10)12)11(13)7-2-3-7/h4-7,11H,2-3,13H2,1H3/t11-/m0/s1. The van der Waals surface area contributed by atoms with Gasteiger partial charge >= 0.3 is 0 Å². The van der Waals surface area contributed by atoms with Gasteiger partial charge in [0.05, 0.1) is 11.6 Å². The molecule has 0 radical (unpaired) electrons. The number of hydrogen-bond donors (Lipinski definition) is 1. The third kappa shape index (κ3) is 1.93. The van der Waals surface area contributed by atoms with Crippen molar-refractivity contribution in [2.24, 2.45) is 11.7 Å². The van der Waals surface area contributed by atoms with E-state index in [2.05, 4.69) is 22.0 Å². The SMILES string of the molecule is COc1ccc([C@@H](N)C2CC2)cc1Br. The molecular formula is C11H14BrNO. The lowest BCUT2D eigenvalue weighted by Crippen LogP contribution is -2.12. The van der Waals surface area contributed by atoms with Crippen molar-refractivity contribution in [2.45, 2.75) is 18.9 Å². The number of halogens is 1. The fraction of sp³-hybridized carbons (Fsp3) is 0.455. The van der Waals surface area contributed by atoms with Crippen LogP contribution in [-0.4, -0.2) is 7.11 Å². The zero-order valence-corrected chi connectivity index (χ0v) is 9.75. The van der Waals surface area contributed by atoms with Gasteiger partial charge < -0.3 is 10.5 Å². The zero-order valence-electron chi connectivity index (χ0n) is 8.16. The Hall–Kier alpha value is -0.540. The van der Waals surface area contributed by atoms with Crippen LogP contribution in [0, 0.1) is 5.92 Å². The van der Waals surface area contributed by atoms with Crippen LogP contribution in [0.15, 0.2) is 22.7 Å². The van der Waals surface area contributed by atoms with E-state index in [0.29, 0.717) is 5.92 Å². The number of methoxy groups -OCH3 is 1. The normalized spacial score (nSPS) is 17.9. The fourth-order valence-corrected chi connectivity index (χ4v) is 2.18. The maximum atomic E-state index is 6.10. The van der Waals surface area contributed by atoms with Crippen molar-refractivity contribution >= 4 is 15.9 Å². The summed E-state index contributed by atoms with van der Waals surface area (Å²) in [7, 11) is 1.67. The molecule has 0 saturated heterocycles. The average molecular weight is 256 g/mol. The summed E-state index contributed by atoms with van der Waals surface area (Å²) in [6.45, 7) is 0. The van der Waals surface area contributed by atoms with Gasteiger partial charge in [-0.25, -0.2) is 0 Å². The lowest BCUT2D eigenvalue weighted by atomic mass is 10.0. The van der Waals surface area contributed by atoms with Gasteiger partial charge in [-0.3, -0.25) is 0 Å². The third-order valence-electron chi connectivity index (χ3n) is 2.69. The van der Waals surface area contributed by atoms with Crippen LogP contribution >= 0.6 is 15.9 Å². The first-order valence-corrected chi connectivity index (χ1v) is 5.60. The predicted molar refractivity (Wildman–Crippen MR) is 60.3 cm³/mol. The van der Waals surface area contributed by atoms with E-state index >= 15 is 0 Å². The molecule has 0 bridgehead atoms. The molecule has 0 spiro atoms. The molecule has 3 heteroatoms. The number of benzene rings is 1. The minimum atomic E-state index is 0.192. The van der Waals surface area contributed by atoms with E-state index in [9.17, 15) is 0 Å². The van der Waals surface area contributed by atoms with Crippen LogP contribution < -0.4 is 10.5 Å². The second-order valence-corrected chi connectivity index (χ2v) is 4.61. The molecule has 1 aromatic rings. The molecule has 14 heavy (non-hydrogen) atoms. The summed E-state index contributed by atoms with van der Waals surface area (Å²) in [5.41, 5.74) is 7.29. The van der Waals surface area contributed by atoms with E-state index in [1.54, 1.807) is 7.11 Å². The van der Waals surface area contributed by atoms with Crippen molar-refractivity contribution in [1.29, 1.82) is 0 Å². The van der Waals surface area contributed by atoms with E-state index in [-0.39, 0.29) is 6.04 Å². The van der Waals surface area contributed by atoms with Crippen LogP contribution in [0.1, 0.15) is 24.4 Å². The molecule has 1 fully saturated rings. The Kier molecular flexibility index (Phi) is 2.79. The highest BCUT2D eigenvalue weighted by atomic mass is 79.9. The molecule has 0 aliphatic heterocycles. The van der Waals surface area contributed by atoms with Crippen molar-refractivity contribution in [3.63, 3.8) is 0 Å². The highest BCUT2D eigenvalue weighted by Crippen LogP contribution is 2.40. The molecule has 0 amide bonds. The summed E-state index contributed by atoms with van der Waals surface area (Å²) in [4.78, 5) is 0. The molecule has 0 aromatic heterocycles. The Morgan fingerprint density at radius 2 is 2.21 bits per heavy atom. The summed E-state index contributed by atoms with van der Waals surface area (Å²) in [5, 5.41) is 0. The molecule has 2 rings (SSSR count). The van der Waals surface area contributed by atoms with Gasteiger partial charge in [0.2, 0.25) is 0 Å². The molecule has 1 saturated carbocycles. The van der Waals surface area contributed by atoms with Crippen molar-refractivity contribution in [3.8, 4) is 5.75 Å². The van der Waals surface area contributed by atoms with Crippen molar-refractivity contribution in [1.82, 2.24) is 0 Å². The average Bonchev–Trinajstić information content (AvgIpc) is 3.00. The molecule has 0 heterocycles. The van der Waals surface area contributed by atoms with Crippen LogP contribution in [-0.2, 0) is 0 Å². The first kappa shape index (κ1) is 9.99. The molecule has 76 valence electrons. The summed E-state index contributed by atoms with van der Waals surface area (Å²) in [6, 6.07) is 6.26. The lowest BCUT2D eigenvalue weighted by Gasteiger charge is -2.12. The van der Waals surface area contributed by atoms with E-state index in [1.165, 1.54) is 18.4 Å². The molecule has 2 nitrogen and oxygen atoms in total. The predicted octanol–water partition coefficient (Wildman–Crippen LogP) is 2.87. The van der Waals surface area contributed by atoms with Crippen molar-refractivity contribution in [3.05, 3.63) is 28.2 Å². The Bertz CT molecular complexity index is 336. The second kappa shape index (κ2) is 3.91. The zero-order chi connectivity index (χ0) is 10.1. The van der Waals surface area contributed by atoms with E-state index < -0.39 is 0 Å². The third-order valence-corrected chi connectivity index (χ3v) is 3.31. The minimum Gasteiger partial charge on any atom is -0.496 e. The Morgan fingerprint density at radius 1 is 1.50 bits per heavy atom. The Labute approximate surface area is 92.6 Å². The summed E-state index contributed by atoms with van der Waals surface area (Å²) in [5.74, 6) is 1.55. The number of nitrogens with two attached hydrogens (primary N) is 1. The smallest absolute Gasteiger partial charge is 0.133 e. The number of rotatable bonds is 3. The topological polar surface area (TPSA) is 35.2 Å². The monoisotopic (exact) mass is 255 g/mol. The second-order valence-electron chi connectivity index (χ2n) is 3.76. The van der Waals surface area contributed by atoms with Gasteiger partial charge in [-0.1, -0.05) is 6.07 Å². The molecular weight excluding hydrogens is 242 g/mol. The van der Waals surface area contributed by atoms with Crippen molar-refractivity contribution in [2.75, 3.05) is 7.11 Å². The molecule has 1 atom stereocenters. The molecule has 1 aliphatic carbocycles. The molecule has 0 unspecified atom stereocenters. The maximum absolute atomic E-state index is 6.10. The highest BCUT2D eigenvalue weighted by Gasteiger charge is 2.29. The van der Waals surface area contributed by atoms with Crippen LogP contribution in [0.4, 0.5) is 0 Å². The van der Waals surface area contributed by atoms with Crippen LogP contribution in [0.2, 0.25) is 0 Å². The van der Waals surface area contributed by atoms with Gasteiger partial charge in [0, 0.05) is 6.04 Å². The lowest BCUT2D eigenvalue weighted by molar-refractivity contribution is 0.411. The fourth-order valence-electron chi connectivity index (χ4n) is 1.62. The van der Waals surface area contributed by atoms with Gasteiger partial charge in [0.25, 0.3) is 0 Å². The van der Waals surface area contributed by atoms with Gasteiger partial charge in [-0.2, -0.15) is 0 Å². The number of ether oxygens (including phenoxy) is 1. The highest BCUT2D eigenvalue weighted by molar-refractivity contribution is 9.10. The summed E-state index contributed by atoms with van der Waals surface area (Å²) < 4.78 is 6.15. The van der Waals surface area contributed by atoms with Gasteiger partial charge in [-0.15, -0.1) is 0 Å². The summed E-state index contributed by atoms with van der Waals surface area (Å²) in [6.07, 6.45) is 2.54.